The maximum atomic E-state index is 12.9. The quantitative estimate of drug-likeness (QED) is 0.295. The Labute approximate surface area is 212 Å². The van der Waals surface area contributed by atoms with Crippen molar-refractivity contribution in [2.75, 3.05) is 0 Å². The molecule has 0 N–H and O–H groups in total. The van der Waals surface area contributed by atoms with Gasteiger partial charge in [0.25, 0.3) is 0 Å². The first kappa shape index (κ1) is 23.1. The van der Waals surface area contributed by atoms with Crippen LogP contribution in [-0.2, 0) is 11.4 Å². The summed E-state index contributed by atoms with van der Waals surface area (Å²) in [6.07, 6.45) is 10.0. The SMILES string of the molecule is Cc1c(OCc2ccccc2)c(=O)ccn1-c1ccc(OC(=O)CC23CC4CC(CC(C4)C2)C3)cc1. The van der Waals surface area contributed by atoms with Crippen LogP contribution in [0.2, 0.25) is 0 Å². The number of rotatable bonds is 7. The predicted octanol–water partition coefficient (Wildman–Crippen LogP) is 6.24. The number of esters is 1. The lowest BCUT2D eigenvalue weighted by Crippen LogP contribution is -2.47. The van der Waals surface area contributed by atoms with Crippen LogP contribution in [0.3, 0.4) is 0 Å². The minimum absolute atomic E-state index is 0.110. The summed E-state index contributed by atoms with van der Waals surface area (Å²) in [5.74, 6) is 3.27. The van der Waals surface area contributed by atoms with Crippen molar-refractivity contribution < 1.29 is 14.3 Å². The van der Waals surface area contributed by atoms with Gasteiger partial charge in [-0.05, 0) is 98.4 Å². The number of nitrogens with zero attached hydrogens (tertiary/aromatic N) is 1. The van der Waals surface area contributed by atoms with Gasteiger partial charge in [-0.1, -0.05) is 30.3 Å². The molecule has 4 bridgehead atoms. The van der Waals surface area contributed by atoms with Gasteiger partial charge >= 0.3 is 5.97 Å². The van der Waals surface area contributed by atoms with Crippen LogP contribution in [0.15, 0.2) is 71.7 Å². The molecule has 0 amide bonds. The molecular formula is C31H33NO4. The largest absolute Gasteiger partial charge is 0.483 e. The number of aromatic nitrogens is 1. The van der Waals surface area contributed by atoms with E-state index in [2.05, 4.69) is 0 Å². The molecule has 0 unspecified atom stereocenters. The molecule has 4 aliphatic rings. The van der Waals surface area contributed by atoms with Gasteiger partial charge in [0.2, 0.25) is 5.43 Å². The lowest BCUT2D eigenvalue weighted by molar-refractivity contribution is -0.142. The average molecular weight is 484 g/mol. The molecule has 5 heteroatoms. The molecule has 4 saturated carbocycles. The molecule has 0 spiro atoms. The first-order valence-electron chi connectivity index (χ1n) is 13.2. The van der Waals surface area contributed by atoms with Gasteiger partial charge in [-0.3, -0.25) is 9.59 Å². The average Bonchev–Trinajstić information content (AvgIpc) is 2.84. The second-order valence-electron chi connectivity index (χ2n) is 11.3. The molecule has 0 aliphatic heterocycles. The Morgan fingerprint density at radius 2 is 1.56 bits per heavy atom. The third kappa shape index (κ3) is 4.59. The lowest BCUT2D eigenvalue weighted by atomic mass is 9.49. The highest BCUT2D eigenvalue weighted by Crippen LogP contribution is 2.61. The number of ether oxygens (including phenoxy) is 2. The summed E-state index contributed by atoms with van der Waals surface area (Å²) >= 11 is 0. The smallest absolute Gasteiger partial charge is 0.311 e. The van der Waals surface area contributed by atoms with Crippen LogP contribution in [0.5, 0.6) is 11.5 Å². The third-order valence-corrected chi connectivity index (χ3v) is 8.55. The maximum absolute atomic E-state index is 12.9. The van der Waals surface area contributed by atoms with Crippen LogP contribution in [0.25, 0.3) is 5.69 Å². The van der Waals surface area contributed by atoms with E-state index >= 15 is 0 Å². The lowest BCUT2D eigenvalue weighted by Gasteiger charge is -2.56. The highest BCUT2D eigenvalue weighted by molar-refractivity contribution is 5.73. The standard InChI is InChI=1S/C31H33NO4/c1-21-30(35-20-22-5-3-2-4-6-22)28(33)11-12-32(21)26-7-9-27(10-8-26)36-29(34)19-31-16-23-13-24(17-31)15-25(14-23)18-31/h2-12,23-25H,13-20H2,1H3. The minimum atomic E-state index is -0.144. The van der Waals surface area contributed by atoms with Crippen LogP contribution < -0.4 is 14.9 Å². The second-order valence-corrected chi connectivity index (χ2v) is 11.3. The van der Waals surface area contributed by atoms with Crippen LogP contribution >= 0.6 is 0 Å². The summed E-state index contributed by atoms with van der Waals surface area (Å²) in [5, 5.41) is 0. The Bertz CT molecular complexity index is 1270. The number of carbonyl (C=O) groups is 1. The zero-order valence-corrected chi connectivity index (χ0v) is 20.8. The summed E-state index contributed by atoms with van der Waals surface area (Å²) in [6.45, 7) is 2.21. The van der Waals surface area contributed by atoms with Gasteiger partial charge in [-0.15, -0.1) is 0 Å². The topological polar surface area (TPSA) is 57.5 Å². The number of benzene rings is 2. The molecule has 1 heterocycles. The van der Waals surface area contributed by atoms with E-state index in [1.165, 1.54) is 44.6 Å². The molecule has 36 heavy (non-hydrogen) atoms. The van der Waals surface area contributed by atoms with Crippen LogP contribution in [0, 0.1) is 30.1 Å². The molecule has 0 atom stereocenters. The first-order chi connectivity index (χ1) is 17.5. The fraction of sp³-hybridized carbons (Fsp3) is 0.419. The third-order valence-electron chi connectivity index (χ3n) is 8.55. The molecule has 4 aliphatic carbocycles. The molecule has 2 aromatic carbocycles. The van der Waals surface area contributed by atoms with E-state index in [4.69, 9.17) is 9.47 Å². The van der Waals surface area contributed by atoms with Crippen molar-refractivity contribution in [1.82, 2.24) is 4.57 Å². The molecule has 1 aromatic heterocycles. The van der Waals surface area contributed by atoms with Crippen LogP contribution in [0.1, 0.15) is 56.2 Å². The monoisotopic (exact) mass is 483 g/mol. The Morgan fingerprint density at radius 3 is 2.19 bits per heavy atom. The number of pyridine rings is 1. The van der Waals surface area contributed by atoms with Gasteiger partial charge in [-0.2, -0.15) is 0 Å². The van der Waals surface area contributed by atoms with Crippen molar-refractivity contribution in [1.29, 1.82) is 0 Å². The summed E-state index contributed by atoms with van der Waals surface area (Å²) < 4.78 is 13.6. The van der Waals surface area contributed by atoms with Gasteiger partial charge in [0.15, 0.2) is 5.75 Å². The molecule has 5 nitrogen and oxygen atoms in total. The summed E-state index contributed by atoms with van der Waals surface area (Å²) in [6, 6.07) is 18.8. The Kier molecular flexibility index (Phi) is 5.94. The number of hydrogen-bond acceptors (Lipinski definition) is 4. The molecule has 0 radical (unpaired) electrons. The second kappa shape index (κ2) is 9.27. The highest BCUT2D eigenvalue weighted by Gasteiger charge is 2.51. The molecule has 0 saturated heterocycles. The van der Waals surface area contributed by atoms with Gasteiger partial charge in [0.05, 0.1) is 12.1 Å². The van der Waals surface area contributed by atoms with E-state index in [9.17, 15) is 9.59 Å². The molecule has 3 aromatic rings. The Balaban J connectivity index is 1.13. The fourth-order valence-corrected chi connectivity index (χ4v) is 7.46. The zero-order valence-electron chi connectivity index (χ0n) is 20.8. The van der Waals surface area contributed by atoms with E-state index in [0.29, 0.717) is 24.5 Å². The highest BCUT2D eigenvalue weighted by atomic mass is 16.5. The van der Waals surface area contributed by atoms with Crippen molar-refractivity contribution in [3.05, 3.63) is 88.3 Å². The summed E-state index contributed by atoms with van der Waals surface area (Å²) in [7, 11) is 0. The first-order valence-corrected chi connectivity index (χ1v) is 13.2. The zero-order chi connectivity index (χ0) is 24.7. The van der Waals surface area contributed by atoms with Gasteiger partial charge < -0.3 is 14.0 Å². The predicted molar refractivity (Wildman–Crippen MR) is 138 cm³/mol. The van der Waals surface area contributed by atoms with Crippen molar-refractivity contribution in [3.63, 3.8) is 0 Å². The summed E-state index contributed by atoms with van der Waals surface area (Å²) in [5.41, 5.74) is 2.64. The Morgan fingerprint density at radius 1 is 0.917 bits per heavy atom. The van der Waals surface area contributed by atoms with Crippen LogP contribution in [-0.4, -0.2) is 10.5 Å². The van der Waals surface area contributed by atoms with Crippen molar-refractivity contribution in [2.24, 2.45) is 23.2 Å². The minimum Gasteiger partial charge on any atom is -0.483 e. The van der Waals surface area contributed by atoms with E-state index < -0.39 is 0 Å². The molecule has 186 valence electrons. The number of hydrogen-bond donors (Lipinski definition) is 0. The van der Waals surface area contributed by atoms with E-state index in [-0.39, 0.29) is 16.8 Å². The van der Waals surface area contributed by atoms with E-state index in [1.807, 2.05) is 66.1 Å². The molecule has 7 rings (SSSR count). The maximum Gasteiger partial charge on any atom is 0.311 e. The van der Waals surface area contributed by atoms with Crippen molar-refractivity contribution in [3.8, 4) is 17.2 Å². The van der Waals surface area contributed by atoms with E-state index in [1.54, 1.807) is 6.20 Å². The summed E-state index contributed by atoms with van der Waals surface area (Å²) in [4.78, 5) is 25.4. The molecule has 4 fully saturated rings. The van der Waals surface area contributed by atoms with Gasteiger partial charge in [0, 0.05) is 18.0 Å². The Hall–Kier alpha value is -3.34. The van der Waals surface area contributed by atoms with Crippen molar-refractivity contribution in [2.45, 2.75) is 58.5 Å². The fourth-order valence-electron chi connectivity index (χ4n) is 7.46. The normalized spacial score (nSPS) is 26.1. The van der Waals surface area contributed by atoms with E-state index in [0.717, 1.165) is 34.7 Å². The van der Waals surface area contributed by atoms with Crippen LogP contribution in [0.4, 0.5) is 0 Å². The van der Waals surface area contributed by atoms with Crippen molar-refractivity contribution >= 4 is 5.97 Å². The number of carbonyl (C=O) groups excluding carboxylic acids is 1. The van der Waals surface area contributed by atoms with Gasteiger partial charge in [0.1, 0.15) is 12.4 Å². The van der Waals surface area contributed by atoms with Gasteiger partial charge in [-0.25, -0.2) is 0 Å². The molecular weight excluding hydrogens is 450 g/mol.